The van der Waals surface area contributed by atoms with Crippen molar-refractivity contribution in [2.24, 2.45) is 0 Å². The minimum atomic E-state index is -5.03. The molecule has 0 radical (unpaired) electrons. The van der Waals surface area contributed by atoms with E-state index in [1.165, 1.54) is 30.1 Å². The Bertz CT molecular complexity index is 1160. The molecule has 0 aliphatic heterocycles. The van der Waals surface area contributed by atoms with Crippen molar-refractivity contribution >= 4 is 23.5 Å². The number of alkyl halides is 3. The normalized spacial score (nSPS) is 11.8. The summed E-state index contributed by atoms with van der Waals surface area (Å²) in [5, 5.41) is 6.43. The highest BCUT2D eigenvalue weighted by atomic mass is 19.4. The number of ketones is 1. The van der Waals surface area contributed by atoms with Gasteiger partial charge in [-0.15, -0.1) is 0 Å². The lowest BCUT2D eigenvalue weighted by atomic mass is 10.1. The van der Waals surface area contributed by atoms with E-state index in [4.69, 9.17) is 4.42 Å². The fourth-order valence-corrected chi connectivity index (χ4v) is 2.59. The smallest absolute Gasteiger partial charge is 0.419 e. The van der Waals surface area contributed by atoms with E-state index in [0.29, 0.717) is 11.8 Å². The van der Waals surface area contributed by atoms with Gasteiger partial charge in [-0.2, -0.15) is 18.3 Å². The lowest BCUT2D eigenvalue weighted by Gasteiger charge is -2.09. The van der Waals surface area contributed by atoms with Gasteiger partial charge in [0.05, 0.1) is 24.0 Å². The first-order valence-corrected chi connectivity index (χ1v) is 8.71. The molecule has 0 atom stereocenters. The Kier molecular flexibility index (Phi) is 6.04. The Morgan fingerprint density at radius 2 is 1.90 bits per heavy atom. The third-order valence-electron chi connectivity index (χ3n) is 4.06. The summed E-state index contributed by atoms with van der Waals surface area (Å²) in [5.41, 5.74) is -1.98. The number of benzene rings is 1. The van der Waals surface area contributed by atoms with E-state index in [9.17, 15) is 31.5 Å². The summed E-state index contributed by atoms with van der Waals surface area (Å²) in [6.07, 6.45) is -0.564. The van der Waals surface area contributed by atoms with E-state index in [-0.39, 0.29) is 23.8 Å². The van der Waals surface area contributed by atoms with Gasteiger partial charge in [-0.25, -0.2) is 8.78 Å². The van der Waals surface area contributed by atoms with Crippen molar-refractivity contribution in [3.8, 4) is 0 Å². The highest BCUT2D eigenvalue weighted by molar-refractivity contribution is 6.01. The third-order valence-corrected chi connectivity index (χ3v) is 4.06. The number of aromatic nitrogens is 2. The average molecular weight is 439 g/mol. The number of hydrogen-bond donors (Lipinski definition) is 1. The van der Waals surface area contributed by atoms with Crippen molar-refractivity contribution in [3.05, 3.63) is 77.0 Å². The highest BCUT2D eigenvalue weighted by Gasteiger charge is 2.35. The molecule has 0 saturated heterocycles. The van der Waals surface area contributed by atoms with E-state index in [2.05, 4.69) is 10.4 Å². The number of amides is 1. The number of furan rings is 1. The molecule has 1 amide bonds. The van der Waals surface area contributed by atoms with E-state index in [1.54, 1.807) is 6.07 Å². The van der Waals surface area contributed by atoms with Crippen molar-refractivity contribution in [1.29, 1.82) is 0 Å². The standard InChI is InChI=1S/C20H14F5N3O3/c1-11(29)16-6-4-14(31-16)10-28-9-13(8-26-28)27-17(30)7-3-12-2-5-15(20(23,24)25)19(22)18(12)21/h2-9H,10H2,1H3,(H,27,30). The van der Waals surface area contributed by atoms with Gasteiger partial charge in [0.15, 0.2) is 23.2 Å². The van der Waals surface area contributed by atoms with E-state index in [0.717, 1.165) is 18.2 Å². The van der Waals surface area contributed by atoms with E-state index < -0.39 is 34.8 Å². The monoisotopic (exact) mass is 439 g/mol. The molecule has 0 aliphatic rings. The van der Waals surface area contributed by atoms with Gasteiger partial charge in [-0.3, -0.25) is 14.3 Å². The van der Waals surface area contributed by atoms with Gasteiger partial charge in [0.1, 0.15) is 5.76 Å². The number of nitrogens with one attached hydrogen (secondary N) is 1. The maximum Gasteiger partial charge on any atom is 0.419 e. The van der Waals surface area contributed by atoms with Crippen molar-refractivity contribution in [1.82, 2.24) is 9.78 Å². The molecule has 2 aromatic heterocycles. The van der Waals surface area contributed by atoms with Crippen LogP contribution in [-0.2, 0) is 17.5 Å². The first-order valence-electron chi connectivity index (χ1n) is 8.71. The van der Waals surface area contributed by atoms with Crippen LogP contribution in [0, 0.1) is 11.6 Å². The molecule has 2 heterocycles. The van der Waals surface area contributed by atoms with Crippen LogP contribution in [0.15, 0.2) is 47.2 Å². The second-order valence-electron chi connectivity index (χ2n) is 6.40. The van der Waals surface area contributed by atoms with Gasteiger partial charge in [0.2, 0.25) is 5.91 Å². The average Bonchev–Trinajstić information content (AvgIpc) is 3.32. The second kappa shape index (κ2) is 8.54. The summed E-state index contributed by atoms with van der Waals surface area (Å²) in [6, 6.07) is 4.25. The zero-order chi connectivity index (χ0) is 22.8. The Morgan fingerprint density at radius 3 is 2.55 bits per heavy atom. The van der Waals surface area contributed by atoms with Crippen LogP contribution in [-0.4, -0.2) is 21.5 Å². The maximum atomic E-state index is 13.8. The molecule has 31 heavy (non-hydrogen) atoms. The molecule has 3 aromatic rings. The van der Waals surface area contributed by atoms with Gasteiger partial charge in [0.25, 0.3) is 0 Å². The van der Waals surface area contributed by atoms with Crippen LogP contribution >= 0.6 is 0 Å². The molecule has 0 bridgehead atoms. The molecular weight excluding hydrogens is 425 g/mol. The fourth-order valence-electron chi connectivity index (χ4n) is 2.59. The Hall–Kier alpha value is -3.76. The zero-order valence-electron chi connectivity index (χ0n) is 15.8. The second-order valence-corrected chi connectivity index (χ2v) is 6.40. The highest BCUT2D eigenvalue weighted by Crippen LogP contribution is 2.33. The summed E-state index contributed by atoms with van der Waals surface area (Å²) < 4.78 is 71.9. The van der Waals surface area contributed by atoms with Crippen LogP contribution in [0.4, 0.5) is 27.6 Å². The van der Waals surface area contributed by atoms with Crippen LogP contribution in [0.5, 0.6) is 0 Å². The SMILES string of the molecule is CC(=O)c1ccc(Cn2cc(NC(=O)C=Cc3ccc(C(F)(F)F)c(F)c3F)cn2)o1. The van der Waals surface area contributed by atoms with Crippen LogP contribution in [0.1, 0.15) is 34.4 Å². The van der Waals surface area contributed by atoms with Crippen LogP contribution in [0.3, 0.4) is 0 Å². The van der Waals surface area contributed by atoms with Crippen molar-refractivity contribution < 1.29 is 36.0 Å². The maximum absolute atomic E-state index is 13.8. The van der Waals surface area contributed by atoms with Crippen LogP contribution in [0.2, 0.25) is 0 Å². The molecule has 0 unspecified atom stereocenters. The number of Topliss-reactive ketones (excluding diaryl/α,β-unsaturated/α-hetero) is 1. The predicted molar refractivity (Wildman–Crippen MR) is 99.1 cm³/mol. The minimum Gasteiger partial charge on any atom is -0.456 e. The molecule has 162 valence electrons. The van der Waals surface area contributed by atoms with Gasteiger partial charge in [-0.05, 0) is 24.3 Å². The lowest BCUT2D eigenvalue weighted by molar-refractivity contribution is -0.140. The lowest BCUT2D eigenvalue weighted by Crippen LogP contribution is -2.10. The summed E-state index contributed by atoms with van der Waals surface area (Å²) in [7, 11) is 0. The van der Waals surface area contributed by atoms with E-state index in [1.807, 2.05) is 0 Å². The molecule has 6 nitrogen and oxygen atoms in total. The molecule has 0 saturated carbocycles. The van der Waals surface area contributed by atoms with Gasteiger partial charge < -0.3 is 9.73 Å². The third kappa shape index (κ3) is 5.24. The quantitative estimate of drug-likeness (QED) is 0.344. The van der Waals surface area contributed by atoms with Gasteiger partial charge in [0, 0.05) is 24.8 Å². The number of nitrogens with zero attached hydrogens (tertiary/aromatic N) is 2. The summed E-state index contributed by atoms with van der Waals surface area (Å²) >= 11 is 0. The number of carbonyl (C=O) groups excluding carboxylic acids is 2. The molecule has 11 heteroatoms. The molecule has 1 N–H and O–H groups in total. The molecular formula is C20H14F5N3O3. The molecule has 0 fully saturated rings. The largest absolute Gasteiger partial charge is 0.456 e. The first-order chi connectivity index (χ1) is 14.5. The van der Waals surface area contributed by atoms with Crippen molar-refractivity contribution in [2.75, 3.05) is 5.32 Å². The van der Waals surface area contributed by atoms with Crippen molar-refractivity contribution in [3.63, 3.8) is 0 Å². The topological polar surface area (TPSA) is 77.1 Å². The minimum absolute atomic E-state index is 0.190. The first kappa shape index (κ1) is 21.9. The number of hydrogen-bond acceptors (Lipinski definition) is 4. The van der Waals surface area contributed by atoms with Crippen LogP contribution in [0.25, 0.3) is 6.08 Å². The number of rotatable bonds is 6. The fraction of sp³-hybridized carbons (Fsp3) is 0.150. The zero-order valence-corrected chi connectivity index (χ0v) is 15.8. The molecule has 3 rings (SSSR count). The summed E-state index contributed by atoms with van der Waals surface area (Å²) in [5.74, 6) is -4.05. The van der Waals surface area contributed by atoms with Gasteiger partial charge in [-0.1, -0.05) is 6.07 Å². The Morgan fingerprint density at radius 1 is 1.16 bits per heavy atom. The Labute approximate surface area is 172 Å². The summed E-state index contributed by atoms with van der Waals surface area (Å²) in [6.45, 7) is 1.55. The van der Waals surface area contributed by atoms with Crippen LogP contribution < -0.4 is 5.32 Å². The Balaban J connectivity index is 1.64. The van der Waals surface area contributed by atoms with Gasteiger partial charge >= 0.3 is 6.18 Å². The number of carbonyl (C=O) groups is 2. The summed E-state index contributed by atoms with van der Waals surface area (Å²) in [4.78, 5) is 23.2. The molecule has 1 aromatic carbocycles. The van der Waals surface area contributed by atoms with Crippen molar-refractivity contribution in [2.45, 2.75) is 19.6 Å². The number of anilines is 1. The molecule has 0 aliphatic carbocycles. The predicted octanol–water partition coefficient (Wildman–Crippen LogP) is 4.68. The number of halogens is 5. The van der Waals surface area contributed by atoms with E-state index >= 15 is 0 Å². The molecule has 0 spiro atoms.